The zero-order chi connectivity index (χ0) is 10.9. The van der Waals surface area contributed by atoms with Crippen LogP contribution in [0.1, 0.15) is 22.5 Å². The lowest BCUT2D eigenvalue weighted by atomic mass is 10.2. The number of carbonyl (C=O) groups is 1. The van der Waals surface area contributed by atoms with Crippen LogP contribution < -0.4 is 5.56 Å². The molecule has 0 fully saturated rings. The van der Waals surface area contributed by atoms with Gasteiger partial charge in [-0.2, -0.15) is 0 Å². The number of hydrogen-bond donors (Lipinski definition) is 2. The maximum Gasteiger partial charge on any atom is 0.342 e. The molecule has 4 nitrogen and oxygen atoms in total. The maximum absolute atomic E-state index is 12.1. The van der Waals surface area contributed by atoms with Crippen molar-refractivity contribution in [3.63, 3.8) is 0 Å². The molecule has 0 aliphatic rings. The molecule has 0 aliphatic heterocycles. The Hall–Kier alpha value is -1.24. The molecule has 0 aromatic carbocycles. The molecule has 1 rings (SSSR count). The van der Waals surface area contributed by atoms with Gasteiger partial charge in [0.15, 0.2) is 0 Å². The van der Waals surface area contributed by atoms with Crippen molar-refractivity contribution >= 4 is 21.9 Å². The van der Waals surface area contributed by atoms with Crippen molar-refractivity contribution in [2.24, 2.45) is 0 Å². The molecule has 0 atom stereocenters. The molecule has 14 heavy (non-hydrogen) atoms. The van der Waals surface area contributed by atoms with Gasteiger partial charge in [-0.3, -0.25) is 4.79 Å². The highest BCUT2D eigenvalue weighted by molar-refractivity contribution is 9.10. The molecule has 1 aromatic rings. The van der Waals surface area contributed by atoms with Gasteiger partial charge < -0.3 is 10.1 Å². The molecule has 0 saturated carbocycles. The number of halogens is 3. The molecule has 0 unspecified atom stereocenters. The number of aromatic nitrogens is 1. The molecule has 0 saturated heterocycles. The minimum absolute atomic E-state index is 0.163. The first kappa shape index (κ1) is 10.8. The van der Waals surface area contributed by atoms with Gasteiger partial charge in [-0.1, -0.05) is 0 Å². The Morgan fingerprint density at radius 1 is 1.57 bits per heavy atom. The molecule has 0 bridgehead atoms. The molecule has 1 heterocycles. The van der Waals surface area contributed by atoms with Crippen LogP contribution in [0, 0.1) is 0 Å². The fraction of sp³-hybridized carbons (Fsp3) is 0.143. The number of H-pyrrole nitrogens is 1. The van der Waals surface area contributed by atoms with Crippen LogP contribution in [0.5, 0.6) is 0 Å². The quantitative estimate of drug-likeness (QED) is 0.858. The molecular formula is C7H4BrF2NO3. The van der Waals surface area contributed by atoms with Crippen molar-refractivity contribution in [3.05, 3.63) is 32.2 Å². The summed E-state index contributed by atoms with van der Waals surface area (Å²) in [5.41, 5.74) is -2.26. The molecule has 0 amide bonds. The lowest BCUT2D eigenvalue weighted by molar-refractivity contribution is 0.0693. The van der Waals surface area contributed by atoms with E-state index in [0.29, 0.717) is 0 Å². The van der Waals surface area contributed by atoms with E-state index in [2.05, 4.69) is 15.9 Å². The highest BCUT2D eigenvalue weighted by Gasteiger charge is 2.17. The van der Waals surface area contributed by atoms with E-state index in [1.807, 2.05) is 0 Å². The summed E-state index contributed by atoms with van der Waals surface area (Å²) in [6.45, 7) is 0. The van der Waals surface area contributed by atoms with Gasteiger partial charge in [-0.15, -0.1) is 0 Å². The number of pyridine rings is 1. The first-order valence-corrected chi connectivity index (χ1v) is 4.17. The molecule has 0 aliphatic carbocycles. The Kier molecular flexibility index (Phi) is 3.00. The van der Waals surface area contributed by atoms with E-state index in [1.165, 1.54) is 0 Å². The van der Waals surface area contributed by atoms with Crippen LogP contribution in [0.4, 0.5) is 8.78 Å². The molecule has 76 valence electrons. The topological polar surface area (TPSA) is 70.2 Å². The van der Waals surface area contributed by atoms with Crippen molar-refractivity contribution < 1.29 is 18.7 Å². The standard InChI is InChI=1S/C7H4BrF2NO3/c8-2-1-3(5(9)10)11-6(12)4(2)7(13)14/h1,5H,(H,11,12)(H,13,14). The molecule has 0 spiro atoms. The Morgan fingerprint density at radius 3 is 2.50 bits per heavy atom. The van der Waals surface area contributed by atoms with E-state index in [0.717, 1.165) is 6.07 Å². The number of aromatic carboxylic acids is 1. The highest BCUT2D eigenvalue weighted by atomic mass is 79.9. The predicted molar refractivity (Wildman–Crippen MR) is 46.7 cm³/mol. The second kappa shape index (κ2) is 3.87. The van der Waals surface area contributed by atoms with Crippen molar-refractivity contribution in [3.8, 4) is 0 Å². The Morgan fingerprint density at radius 2 is 2.14 bits per heavy atom. The number of carboxylic acids is 1. The van der Waals surface area contributed by atoms with Crippen molar-refractivity contribution in [1.82, 2.24) is 4.98 Å². The zero-order valence-corrected chi connectivity index (χ0v) is 8.14. The lowest BCUT2D eigenvalue weighted by Gasteiger charge is -2.02. The minimum atomic E-state index is -2.85. The number of aromatic amines is 1. The van der Waals surface area contributed by atoms with Gasteiger partial charge in [0.1, 0.15) is 5.56 Å². The van der Waals surface area contributed by atoms with Gasteiger partial charge in [-0.05, 0) is 22.0 Å². The van der Waals surface area contributed by atoms with Gasteiger partial charge in [0.05, 0.1) is 5.69 Å². The smallest absolute Gasteiger partial charge is 0.342 e. The normalized spacial score (nSPS) is 10.6. The van der Waals surface area contributed by atoms with E-state index in [4.69, 9.17) is 5.11 Å². The summed E-state index contributed by atoms with van der Waals surface area (Å²) in [7, 11) is 0. The van der Waals surface area contributed by atoms with Crippen LogP contribution in [-0.2, 0) is 0 Å². The third kappa shape index (κ3) is 1.98. The van der Waals surface area contributed by atoms with Crippen LogP contribution in [0.3, 0.4) is 0 Å². The number of carboxylic acid groups (broad SMARTS) is 1. The molecule has 1 aromatic heterocycles. The van der Waals surface area contributed by atoms with Crippen LogP contribution in [0.15, 0.2) is 15.3 Å². The van der Waals surface area contributed by atoms with E-state index in [1.54, 1.807) is 4.98 Å². The molecular weight excluding hydrogens is 264 g/mol. The van der Waals surface area contributed by atoms with Gasteiger partial charge >= 0.3 is 5.97 Å². The summed E-state index contributed by atoms with van der Waals surface area (Å²) in [5.74, 6) is -1.47. The SMILES string of the molecule is O=C(O)c1c(Br)cc(C(F)F)[nH]c1=O. The summed E-state index contributed by atoms with van der Waals surface area (Å²) in [6.07, 6.45) is -2.85. The minimum Gasteiger partial charge on any atom is -0.477 e. The summed E-state index contributed by atoms with van der Waals surface area (Å²) >= 11 is 2.73. The average molecular weight is 268 g/mol. The molecule has 0 radical (unpaired) electrons. The monoisotopic (exact) mass is 267 g/mol. The first-order valence-electron chi connectivity index (χ1n) is 3.37. The second-order valence-electron chi connectivity index (χ2n) is 2.38. The molecule has 2 N–H and O–H groups in total. The maximum atomic E-state index is 12.1. The fourth-order valence-electron chi connectivity index (χ4n) is 0.864. The van der Waals surface area contributed by atoms with Crippen LogP contribution >= 0.6 is 15.9 Å². The van der Waals surface area contributed by atoms with Crippen LogP contribution in [0.2, 0.25) is 0 Å². The number of hydrogen-bond acceptors (Lipinski definition) is 2. The third-order valence-corrected chi connectivity index (χ3v) is 2.08. The number of nitrogens with one attached hydrogen (secondary N) is 1. The van der Waals surface area contributed by atoms with Gasteiger partial charge in [0.2, 0.25) is 0 Å². The fourth-order valence-corrected chi connectivity index (χ4v) is 1.46. The number of rotatable bonds is 2. The van der Waals surface area contributed by atoms with E-state index in [9.17, 15) is 18.4 Å². The van der Waals surface area contributed by atoms with Gasteiger partial charge in [0, 0.05) is 4.47 Å². The van der Waals surface area contributed by atoms with Crippen LogP contribution in [-0.4, -0.2) is 16.1 Å². The summed E-state index contributed by atoms with van der Waals surface area (Å²) in [4.78, 5) is 23.3. The summed E-state index contributed by atoms with van der Waals surface area (Å²) in [5, 5.41) is 8.54. The zero-order valence-electron chi connectivity index (χ0n) is 6.55. The highest BCUT2D eigenvalue weighted by Crippen LogP contribution is 2.20. The van der Waals surface area contributed by atoms with Crippen LogP contribution in [0.25, 0.3) is 0 Å². The second-order valence-corrected chi connectivity index (χ2v) is 3.24. The van der Waals surface area contributed by atoms with E-state index >= 15 is 0 Å². The summed E-state index contributed by atoms with van der Waals surface area (Å²) in [6, 6.07) is 0.871. The number of alkyl halides is 2. The first-order chi connectivity index (χ1) is 6.43. The van der Waals surface area contributed by atoms with Crippen molar-refractivity contribution in [1.29, 1.82) is 0 Å². The largest absolute Gasteiger partial charge is 0.477 e. The Labute approximate surface area is 84.7 Å². The third-order valence-electron chi connectivity index (χ3n) is 1.45. The van der Waals surface area contributed by atoms with Crippen molar-refractivity contribution in [2.75, 3.05) is 0 Å². The lowest BCUT2D eigenvalue weighted by Crippen LogP contribution is -2.19. The van der Waals surface area contributed by atoms with Gasteiger partial charge in [0.25, 0.3) is 12.0 Å². The van der Waals surface area contributed by atoms with E-state index < -0.39 is 29.2 Å². The van der Waals surface area contributed by atoms with E-state index in [-0.39, 0.29) is 4.47 Å². The average Bonchev–Trinajstić information content (AvgIpc) is 2.01. The van der Waals surface area contributed by atoms with Gasteiger partial charge in [-0.25, -0.2) is 13.6 Å². The Bertz CT molecular complexity index is 429. The predicted octanol–water partition coefficient (Wildman–Crippen LogP) is 1.77. The molecule has 7 heteroatoms. The summed E-state index contributed by atoms with van der Waals surface area (Å²) < 4.78 is 24.1. The van der Waals surface area contributed by atoms with Crippen molar-refractivity contribution in [2.45, 2.75) is 6.43 Å². The Balaban J connectivity index is 3.40.